The lowest BCUT2D eigenvalue weighted by Crippen LogP contribution is -2.12. The summed E-state index contributed by atoms with van der Waals surface area (Å²) in [5.41, 5.74) is 0.972. The van der Waals surface area contributed by atoms with E-state index < -0.39 is 17.8 Å². The van der Waals surface area contributed by atoms with Gasteiger partial charge in [0.05, 0.1) is 23.1 Å². The minimum Gasteiger partial charge on any atom is -0.465 e. The van der Waals surface area contributed by atoms with Crippen molar-refractivity contribution in [3.63, 3.8) is 0 Å². The van der Waals surface area contributed by atoms with Gasteiger partial charge in [-0.05, 0) is 36.4 Å². The second kappa shape index (κ2) is 7.16. The number of halogens is 2. The van der Waals surface area contributed by atoms with Crippen molar-refractivity contribution in [2.75, 3.05) is 5.32 Å². The van der Waals surface area contributed by atoms with Crippen LogP contribution in [-0.2, 0) is 0 Å². The maximum Gasteiger partial charge on any atom is 0.410 e. The summed E-state index contributed by atoms with van der Waals surface area (Å²) in [6, 6.07) is 11.8. The zero-order chi connectivity index (χ0) is 18.7. The largest absolute Gasteiger partial charge is 0.465 e. The number of benzene rings is 1. The molecule has 1 aromatic carbocycles. The van der Waals surface area contributed by atoms with Crippen LogP contribution in [0.1, 0.15) is 17.3 Å². The zero-order valence-electron chi connectivity index (χ0n) is 13.0. The number of nitriles is 1. The standard InChI is InChI=1S/C16H10ClFN6O2/c17-14-6-5-12(21-22-14)11(8-19)13-7-15(20-16(25)26)24(23-13)10-3-1-9(18)2-4-10/h1-7,11,20H,(H,25,26). The predicted molar refractivity (Wildman–Crippen MR) is 89.7 cm³/mol. The van der Waals surface area contributed by atoms with Gasteiger partial charge in [0.15, 0.2) is 5.15 Å². The molecule has 0 radical (unpaired) electrons. The molecule has 0 spiro atoms. The summed E-state index contributed by atoms with van der Waals surface area (Å²) >= 11 is 5.70. The summed E-state index contributed by atoms with van der Waals surface area (Å²) in [7, 11) is 0. The van der Waals surface area contributed by atoms with Crippen LogP contribution in [0.25, 0.3) is 5.69 Å². The Morgan fingerprint density at radius 1 is 1.23 bits per heavy atom. The van der Waals surface area contributed by atoms with Crippen LogP contribution in [0.15, 0.2) is 42.5 Å². The first kappa shape index (κ1) is 17.3. The number of carboxylic acid groups (broad SMARTS) is 1. The van der Waals surface area contributed by atoms with Gasteiger partial charge in [0.2, 0.25) is 0 Å². The Bertz CT molecular complexity index is 981. The van der Waals surface area contributed by atoms with E-state index in [1.165, 1.54) is 47.1 Å². The van der Waals surface area contributed by atoms with Gasteiger partial charge in [0.1, 0.15) is 17.6 Å². The Morgan fingerprint density at radius 3 is 2.54 bits per heavy atom. The lowest BCUT2D eigenvalue weighted by Gasteiger charge is -2.07. The Hall–Kier alpha value is -3.51. The smallest absolute Gasteiger partial charge is 0.410 e. The van der Waals surface area contributed by atoms with E-state index >= 15 is 0 Å². The summed E-state index contributed by atoms with van der Waals surface area (Å²) in [5.74, 6) is -1.24. The number of amides is 1. The van der Waals surface area contributed by atoms with Crippen molar-refractivity contribution >= 4 is 23.5 Å². The van der Waals surface area contributed by atoms with Crippen LogP contribution in [0.5, 0.6) is 0 Å². The summed E-state index contributed by atoms with van der Waals surface area (Å²) in [6.45, 7) is 0. The molecule has 130 valence electrons. The van der Waals surface area contributed by atoms with Crippen LogP contribution in [0.4, 0.5) is 15.0 Å². The highest BCUT2D eigenvalue weighted by molar-refractivity contribution is 6.29. The molecule has 8 nitrogen and oxygen atoms in total. The van der Waals surface area contributed by atoms with E-state index in [0.29, 0.717) is 11.4 Å². The molecule has 3 aromatic rings. The molecule has 1 atom stereocenters. The number of hydrogen-bond donors (Lipinski definition) is 2. The van der Waals surface area contributed by atoms with Crippen molar-refractivity contribution in [2.24, 2.45) is 0 Å². The zero-order valence-corrected chi connectivity index (χ0v) is 13.7. The maximum absolute atomic E-state index is 13.1. The summed E-state index contributed by atoms with van der Waals surface area (Å²) in [4.78, 5) is 11.0. The Labute approximate surface area is 151 Å². The molecule has 2 heterocycles. The number of aromatic nitrogens is 4. The molecule has 0 fully saturated rings. The number of nitrogens with zero attached hydrogens (tertiary/aromatic N) is 5. The topological polar surface area (TPSA) is 117 Å². The first-order valence-corrected chi connectivity index (χ1v) is 7.60. The van der Waals surface area contributed by atoms with Gasteiger partial charge in [-0.25, -0.2) is 13.9 Å². The monoisotopic (exact) mass is 372 g/mol. The molecule has 0 aliphatic rings. The first-order chi connectivity index (χ1) is 12.5. The molecule has 2 N–H and O–H groups in total. The average Bonchev–Trinajstić information content (AvgIpc) is 3.00. The molecule has 0 aliphatic carbocycles. The molecule has 10 heteroatoms. The summed E-state index contributed by atoms with van der Waals surface area (Å²) in [6.07, 6.45) is -1.31. The third-order valence-corrected chi connectivity index (χ3v) is 3.61. The molecule has 3 rings (SSSR count). The van der Waals surface area contributed by atoms with Gasteiger partial charge in [-0.2, -0.15) is 15.5 Å². The average molecular weight is 373 g/mol. The lowest BCUT2D eigenvalue weighted by molar-refractivity contribution is 0.209. The van der Waals surface area contributed by atoms with E-state index in [-0.39, 0.29) is 16.7 Å². The Balaban J connectivity index is 2.07. The number of nitrogens with one attached hydrogen (secondary N) is 1. The number of carbonyl (C=O) groups is 1. The van der Waals surface area contributed by atoms with E-state index in [0.717, 1.165) is 0 Å². The Morgan fingerprint density at radius 2 is 1.96 bits per heavy atom. The van der Waals surface area contributed by atoms with Crippen LogP contribution < -0.4 is 5.32 Å². The second-order valence-corrected chi connectivity index (χ2v) is 5.50. The highest BCUT2D eigenvalue weighted by atomic mass is 35.5. The molecular formula is C16H10ClFN6O2. The van der Waals surface area contributed by atoms with Crippen LogP contribution in [0, 0.1) is 17.1 Å². The van der Waals surface area contributed by atoms with Crippen molar-refractivity contribution in [1.29, 1.82) is 5.26 Å². The first-order valence-electron chi connectivity index (χ1n) is 7.22. The highest BCUT2D eigenvalue weighted by Gasteiger charge is 2.22. The minimum atomic E-state index is -1.31. The van der Waals surface area contributed by atoms with Crippen molar-refractivity contribution < 1.29 is 14.3 Å². The van der Waals surface area contributed by atoms with Gasteiger partial charge in [-0.15, -0.1) is 5.10 Å². The molecule has 1 unspecified atom stereocenters. The molecule has 0 saturated heterocycles. The predicted octanol–water partition coefficient (Wildman–Crippen LogP) is 3.20. The normalized spacial score (nSPS) is 11.6. The van der Waals surface area contributed by atoms with Crippen molar-refractivity contribution in [3.05, 3.63) is 64.8 Å². The molecule has 0 bridgehead atoms. The minimum absolute atomic E-state index is 0.0984. The fourth-order valence-corrected chi connectivity index (χ4v) is 2.38. The maximum atomic E-state index is 13.1. The second-order valence-electron chi connectivity index (χ2n) is 5.12. The third kappa shape index (κ3) is 3.60. The van der Waals surface area contributed by atoms with Gasteiger partial charge >= 0.3 is 6.09 Å². The molecule has 0 aliphatic heterocycles. The molecule has 26 heavy (non-hydrogen) atoms. The molecule has 1 amide bonds. The lowest BCUT2D eigenvalue weighted by atomic mass is 10.0. The van der Waals surface area contributed by atoms with E-state index in [1.54, 1.807) is 0 Å². The number of rotatable bonds is 4. The summed E-state index contributed by atoms with van der Waals surface area (Å²) < 4.78 is 14.4. The third-order valence-electron chi connectivity index (χ3n) is 3.41. The van der Waals surface area contributed by atoms with E-state index in [4.69, 9.17) is 16.7 Å². The van der Waals surface area contributed by atoms with Crippen LogP contribution in [0.2, 0.25) is 5.15 Å². The fraction of sp³-hybridized carbons (Fsp3) is 0.0625. The number of hydrogen-bond acceptors (Lipinski definition) is 5. The van der Waals surface area contributed by atoms with Crippen LogP contribution in [0.3, 0.4) is 0 Å². The quantitative estimate of drug-likeness (QED) is 0.726. The highest BCUT2D eigenvalue weighted by Crippen LogP contribution is 2.26. The van der Waals surface area contributed by atoms with Crippen molar-refractivity contribution in [2.45, 2.75) is 5.92 Å². The molecule has 0 saturated carbocycles. The van der Waals surface area contributed by atoms with Gasteiger partial charge in [0, 0.05) is 6.07 Å². The SMILES string of the molecule is N#CC(c1ccc(Cl)nn1)c1cc(NC(=O)O)n(-c2ccc(F)cc2)n1. The van der Waals surface area contributed by atoms with Crippen molar-refractivity contribution in [1.82, 2.24) is 20.0 Å². The van der Waals surface area contributed by atoms with Gasteiger partial charge < -0.3 is 5.11 Å². The Kier molecular flexibility index (Phi) is 4.77. The van der Waals surface area contributed by atoms with Crippen LogP contribution >= 0.6 is 11.6 Å². The van der Waals surface area contributed by atoms with E-state index in [2.05, 4.69) is 26.7 Å². The van der Waals surface area contributed by atoms with E-state index in [9.17, 15) is 14.4 Å². The van der Waals surface area contributed by atoms with Gasteiger partial charge in [0.25, 0.3) is 0 Å². The molecular weight excluding hydrogens is 363 g/mol. The van der Waals surface area contributed by atoms with Gasteiger partial charge in [-0.1, -0.05) is 11.6 Å². The van der Waals surface area contributed by atoms with Crippen molar-refractivity contribution in [3.8, 4) is 11.8 Å². The van der Waals surface area contributed by atoms with E-state index in [1.807, 2.05) is 0 Å². The molecule has 2 aromatic heterocycles. The summed E-state index contributed by atoms with van der Waals surface area (Å²) in [5, 5.41) is 32.8. The van der Waals surface area contributed by atoms with Crippen LogP contribution in [-0.4, -0.2) is 31.2 Å². The van der Waals surface area contributed by atoms with Gasteiger partial charge in [-0.3, -0.25) is 5.32 Å². The fourth-order valence-electron chi connectivity index (χ4n) is 2.28. The number of anilines is 1.